The summed E-state index contributed by atoms with van der Waals surface area (Å²) in [6, 6.07) is 7.42. The maximum absolute atomic E-state index is 13.2. The van der Waals surface area contributed by atoms with E-state index in [4.69, 9.17) is 4.74 Å². The topological polar surface area (TPSA) is 67.3 Å². The molecule has 1 saturated heterocycles. The summed E-state index contributed by atoms with van der Waals surface area (Å²) >= 11 is 0. The van der Waals surface area contributed by atoms with E-state index in [1.807, 2.05) is 6.92 Å². The summed E-state index contributed by atoms with van der Waals surface area (Å²) in [6.07, 6.45) is 2.33. The summed E-state index contributed by atoms with van der Waals surface area (Å²) in [5.74, 6) is 0.821. The van der Waals surface area contributed by atoms with Crippen molar-refractivity contribution in [3.8, 4) is 5.88 Å². The van der Waals surface area contributed by atoms with Crippen molar-refractivity contribution in [1.29, 1.82) is 0 Å². The highest BCUT2D eigenvalue weighted by Gasteiger charge is 2.19. The van der Waals surface area contributed by atoms with Crippen molar-refractivity contribution in [2.45, 2.75) is 26.7 Å². The predicted molar refractivity (Wildman–Crippen MR) is 97.9 cm³/mol. The van der Waals surface area contributed by atoms with Gasteiger partial charge in [0.15, 0.2) is 6.61 Å². The number of hydrogen-bond acceptors (Lipinski definition) is 5. The van der Waals surface area contributed by atoms with Gasteiger partial charge in [0.2, 0.25) is 11.8 Å². The summed E-state index contributed by atoms with van der Waals surface area (Å²) in [5.41, 5.74) is 1.18. The fourth-order valence-corrected chi connectivity index (χ4v) is 3.01. The van der Waals surface area contributed by atoms with Crippen LogP contribution in [0.15, 0.2) is 30.3 Å². The lowest BCUT2D eigenvalue weighted by molar-refractivity contribution is -0.118. The first-order chi connectivity index (χ1) is 12.5. The molecule has 0 bridgehead atoms. The Hall–Kier alpha value is -2.70. The number of piperidine rings is 1. The number of nitrogens with zero attached hydrogens (tertiary/aromatic N) is 3. The molecule has 1 atom stereocenters. The van der Waals surface area contributed by atoms with Gasteiger partial charge < -0.3 is 15.0 Å². The summed E-state index contributed by atoms with van der Waals surface area (Å²) in [7, 11) is 0. The smallest absolute Gasteiger partial charge is 0.262 e. The summed E-state index contributed by atoms with van der Waals surface area (Å²) < 4.78 is 18.7. The fraction of sp³-hybridized carbons (Fsp3) is 0.421. The first-order valence-corrected chi connectivity index (χ1v) is 8.78. The Morgan fingerprint density at radius 1 is 1.38 bits per heavy atom. The van der Waals surface area contributed by atoms with Crippen molar-refractivity contribution < 1.29 is 13.9 Å². The largest absolute Gasteiger partial charge is 0.467 e. The fourth-order valence-electron chi connectivity index (χ4n) is 3.01. The maximum atomic E-state index is 13.2. The number of amides is 1. The third-order valence-corrected chi connectivity index (χ3v) is 4.22. The minimum absolute atomic E-state index is 0.206. The Kier molecular flexibility index (Phi) is 5.65. The third kappa shape index (κ3) is 4.91. The molecule has 1 aliphatic rings. The molecule has 1 aromatic heterocycles. The highest BCUT2D eigenvalue weighted by Crippen LogP contribution is 2.22. The second kappa shape index (κ2) is 8.12. The van der Waals surface area contributed by atoms with Gasteiger partial charge in [0, 0.05) is 30.5 Å². The van der Waals surface area contributed by atoms with Crippen LogP contribution in [-0.4, -0.2) is 35.6 Å². The summed E-state index contributed by atoms with van der Waals surface area (Å²) in [4.78, 5) is 23.1. The standard InChI is InChI=1S/C19H23FN4O2/c1-13-5-4-8-24(11-13)19-21-14(2)9-18(23-19)26-12-17(25)22-16-7-3-6-15(20)10-16/h3,6-7,9-10,13H,4-5,8,11-12H2,1-2H3,(H,22,25)/t13-/m0/s1. The number of ether oxygens (including phenoxy) is 1. The first kappa shape index (κ1) is 18.1. The molecule has 2 aromatic rings. The van der Waals surface area contributed by atoms with Gasteiger partial charge in [0.25, 0.3) is 5.91 Å². The molecule has 3 rings (SSSR count). The molecule has 1 amide bonds. The maximum Gasteiger partial charge on any atom is 0.262 e. The Morgan fingerprint density at radius 2 is 2.23 bits per heavy atom. The number of carbonyl (C=O) groups is 1. The molecule has 138 valence electrons. The van der Waals surface area contributed by atoms with E-state index in [2.05, 4.69) is 27.1 Å². The van der Waals surface area contributed by atoms with Crippen LogP contribution in [0.5, 0.6) is 5.88 Å². The monoisotopic (exact) mass is 358 g/mol. The van der Waals surface area contributed by atoms with E-state index in [0.29, 0.717) is 23.4 Å². The number of aryl methyl sites for hydroxylation is 1. The molecule has 0 saturated carbocycles. The van der Waals surface area contributed by atoms with E-state index < -0.39 is 5.82 Å². The normalized spacial score (nSPS) is 17.0. The molecule has 1 fully saturated rings. The van der Waals surface area contributed by atoms with Gasteiger partial charge in [-0.1, -0.05) is 13.0 Å². The van der Waals surface area contributed by atoms with Gasteiger partial charge in [-0.25, -0.2) is 9.37 Å². The second-order valence-corrected chi connectivity index (χ2v) is 6.69. The van der Waals surface area contributed by atoms with E-state index in [1.54, 1.807) is 12.1 Å². The zero-order chi connectivity index (χ0) is 18.5. The Morgan fingerprint density at radius 3 is 3.00 bits per heavy atom. The highest BCUT2D eigenvalue weighted by atomic mass is 19.1. The summed E-state index contributed by atoms with van der Waals surface area (Å²) in [5, 5.41) is 2.59. The zero-order valence-electron chi connectivity index (χ0n) is 15.0. The van der Waals surface area contributed by atoms with E-state index in [-0.39, 0.29) is 12.5 Å². The van der Waals surface area contributed by atoms with Crippen LogP contribution in [0, 0.1) is 18.7 Å². The number of benzene rings is 1. The molecule has 0 spiro atoms. The van der Waals surface area contributed by atoms with Gasteiger partial charge in [-0.3, -0.25) is 4.79 Å². The molecule has 0 radical (unpaired) electrons. The van der Waals surface area contributed by atoms with E-state index >= 15 is 0 Å². The number of rotatable bonds is 5. The van der Waals surface area contributed by atoms with Crippen LogP contribution in [-0.2, 0) is 4.79 Å². The molecule has 2 heterocycles. The number of hydrogen-bond donors (Lipinski definition) is 1. The Bertz CT molecular complexity index is 784. The van der Waals surface area contributed by atoms with Crippen molar-refractivity contribution >= 4 is 17.5 Å². The average Bonchev–Trinajstić information content (AvgIpc) is 2.59. The Balaban J connectivity index is 1.61. The van der Waals surface area contributed by atoms with Crippen LogP contribution in [0.2, 0.25) is 0 Å². The van der Waals surface area contributed by atoms with Crippen molar-refractivity contribution in [3.05, 3.63) is 41.8 Å². The van der Waals surface area contributed by atoms with E-state index in [9.17, 15) is 9.18 Å². The van der Waals surface area contributed by atoms with Crippen LogP contribution in [0.4, 0.5) is 16.0 Å². The highest BCUT2D eigenvalue weighted by molar-refractivity contribution is 5.91. The van der Waals surface area contributed by atoms with Gasteiger partial charge in [-0.15, -0.1) is 0 Å². The molecular weight excluding hydrogens is 335 g/mol. The number of nitrogens with one attached hydrogen (secondary N) is 1. The van der Waals surface area contributed by atoms with Crippen molar-refractivity contribution in [1.82, 2.24) is 9.97 Å². The van der Waals surface area contributed by atoms with Crippen LogP contribution < -0.4 is 15.0 Å². The van der Waals surface area contributed by atoms with Crippen molar-refractivity contribution in [2.75, 3.05) is 29.9 Å². The quantitative estimate of drug-likeness (QED) is 0.889. The second-order valence-electron chi connectivity index (χ2n) is 6.69. The number of aromatic nitrogens is 2. The lowest BCUT2D eigenvalue weighted by Gasteiger charge is -2.31. The number of carbonyl (C=O) groups excluding carboxylic acids is 1. The molecule has 0 aliphatic carbocycles. The lowest BCUT2D eigenvalue weighted by Crippen LogP contribution is -2.35. The average molecular weight is 358 g/mol. The minimum Gasteiger partial charge on any atom is -0.467 e. The van der Waals surface area contributed by atoms with E-state index in [1.165, 1.54) is 24.6 Å². The predicted octanol–water partition coefficient (Wildman–Crippen LogP) is 3.18. The molecule has 1 aliphatic heterocycles. The van der Waals surface area contributed by atoms with Crippen LogP contribution in [0.25, 0.3) is 0 Å². The molecule has 26 heavy (non-hydrogen) atoms. The lowest BCUT2D eigenvalue weighted by atomic mass is 10.0. The molecule has 0 unspecified atom stereocenters. The number of halogens is 1. The van der Waals surface area contributed by atoms with Crippen molar-refractivity contribution in [2.24, 2.45) is 5.92 Å². The zero-order valence-corrected chi connectivity index (χ0v) is 15.0. The SMILES string of the molecule is Cc1cc(OCC(=O)Nc2cccc(F)c2)nc(N2CCC[C@H](C)C2)n1. The molecule has 7 heteroatoms. The van der Waals surface area contributed by atoms with Crippen molar-refractivity contribution in [3.63, 3.8) is 0 Å². The minimum atomic E-state index is -0.407. The first-order valence-electron chi connectivity index (χ1n) is 8.78. The summed E-state index contributed by atoms with van der Waals surface area (Å²) in [6.45, 7) is 5.73. The number of anilines is 2. The van der Waals surface area contributed by atoms with E-state index in [0.717, 1.165) is 25.2 Å². The molecular formula is C19H23FN4O2. The molecule has 6 nitrogen and oxygen atoms in total. The Labute approximate surface area is 152 Å². The third-order valence-electron chi connectivity index (χ3n) is 4.22. The van der Waals surface area contributed by atoms with Gasteiger partial charge in [0.05, 0.1) is 0 Å². The molecule has 1 N–H and O–H groups in total. The van der Waals surface area contributed by atoms with Gasteiger partial charge in [0.1, 0.15) is 5.82 Å². The van der Waals surface area contributed by atoms with Crippen LogP contribution >= 0.6 is 0 Å². The van der Waals surface area contributed by atoms with Crippen LogP contribution in [0.1, 0.15) is 25.5 Å². The van der Waals surface area contributed by atoms with Gasteiger partial charge >= 0.3 is 0 Å². The molecule has 1 aromatic carbocycles. The van der Waals surface area contributed by atoms with Crippen LogP contribution in [0.3, 0.4) is 0 Å². The van der Waals surface area contributed by atoms with Gasteiger partial charge in [-0.2, -0.15) is 4.98 Å². The van der Waals surface area contributed by atoms with Gasteiger partial charge in [-0.05, 0) is 43.9 Å².